The first kappa shape index (κ1) is 28.1. The number of amides is 2. The molecular formula is C31H39N3O6. The molecule has 2 aromatic rings. The van der Waals surface area contributed by atoms with Crippen LogP contribution in [0.1, 0.15) is 74.2 Å². The van der Waals surface area contributed by atoms with Crippen LogP contribution < -0.4 is 10.1 Å². The number of aliphatic hydroxyl groups is 1. The van der Waals surface area contributed by atoms with Crippen molar-refractivity contribution < 1.29 is 29.3 Å². The number of benzene rings is 2. The molecule has 3 fully saturated rings. The van der Waals surface area contributed by atoms with E-state index in [-0.39, 0.29) is 17.4 Å². The van der Waals surface area contributed by atoms with Crippen molar-refractivity contribution in [3.63, 3.8) is 0 Å². The average Bonchev–Trinajstić information content (AvgIpc) is 2.93. The standard InChI is InChI=1S/C31H39N3O6/c1-2-3-17-34-27(35)26(20-30(39)13-4-14-30)32-29(38)31(34)15-18-33(19-16-31)21-22-5-9-24(10-6-22)40-25-11-7-23(8-12-25)28(36)37/h5-12,26,39H,2-4,13-21H2,1H3,(H,32,38)(H,36,37)/t26-/m1/s1. The zero-order valence-corrected chi connectivity index (χ0v) is 23.1. The third-order valence-corrected chi connectivity index (χ3v) is 8.76. The van der Waals surface area contributed by atoms with Crippen molar-refractivity contribution in [3.05, 3.63) is 59.7 Å². The quantitative estimate of drug-likeness (QED) is 0.411. The van der Waals surface area contributed by atoms with Crippen LogP contribution in [0.3, 0.4) is 0 Å². The van der Waals surface area contributed by atoms with Crippen LogP contribution in [0.15, 0.2) is 48.5 Å². The predicted octanol–water partition coefficient (Wildman–Crippen LogP) is 3.94. The highest BCUT2D eigenvalue weighted by Crippen LogP contribution is 2.39. The summed E-state index contributed by atoms with van der Waals surface area (Å²) in [6, 6.07) is 13.4. The van der Waals surface area contributed by atoms with Gasteiger partial charge in [-0.25, -0.2) is 4.79 Å². The number of aromatic carboxylic acids is 1. The summed E-state index contributed by atoms with van der Waals surface area (Å²) >= 11 is 0. The Morgan fingerprint density at radius 2 is 1.62 bits per heavy atom. The minimum absolute atomic E-state index is 0.0463. The van der Waals surface area contributed by atoms with Crippen molar-refractivity contribution in [2.45, 2.75) is 82.0 Å². The number of rotatable bonds is 10. The van der Waals surface area contributed by atoms with Crippen LogP contribution in [0.4, 0.5) is 0 Å². The van der Waals surface area contributed by atoms with Crippen LogP contribution in [0.25, 0.3) is 0 Å². The number of likely N-dealkylation sites (tertiary alicyclic amines) is 1. The van der Waals surface area contributed by atoms with Gasteiger partial charge < -0.3 is 25.2 Å². The third kappa shape index (κ3) is 5.86. The van der Waals surface area contributed by atoms with Crippen LogP contribution in [0, 0.1) is 0 Å². The first-order chi connectivity index (χ1) is 19.2. The Bertz CT molecular complexity index is 1220. The SMILES string of the molecule is CCCCN1C(=O)[C@@H](CC2(O)CCC2)NC(=O)C12CCN(Cc1ccc(Oc3ccc(C(=O)O)cc3)cc1)CC2. The van der Waals surface area contributed by atoms with Crippen LogP contribution in [-0.2, 0) is 16.1 Å². The molecule has 0 unspecified atom stereocenters. The average molecular weight is 550 g/mol. The molecular weight excluding hydrogens is 510 g/mol. The monoisotopic (exact) mass is 549 g/mol. The molecule has 2 aromatic carbocycles. The molecule has 9 nitrogen and oxygen atoms in total. The summed E-state index contributed by atoms with van der Waals surface area (Å²) in [5.41, 5.74) is -0.328. The molecule has 2 saturated heterocycles. The largest absolute Gasteiger partial charge is 0.478 e. The van der Waals surface area contributed by atoms with E-state index in [0.29, 0.717) is 63.2 Å². The molecule has 9 heteroatoms. The van der Waals surface area contributed by atoms with E-state index in [1.807, 2.05) is 29.2 Å². The number of nitrogens with zero attached hydrogens (tertiary/aromatic N) is 2. The summed E-state index contributed by atoms with van der Waals surface area (Å²) in [4.78, 5) is 42.3. The number of carbonyl (C=O) groups is 3. The lowest BCUT2D eigenvalue weighted by Gasteiger charge is -2.52. The van der Waals surface area contributed by atoms with Gasteiger partial charge in [0.25, 0.3) is 0 Å². The molecule has 1 aliphatic carbocycles. The summed E-state index contributed by atoms with van der Waals surface area (Å²) in [6.07, 6.45) is 5.59. The number of ether oxygens (including phenoxy) is 1. The number of carbonyl (C=O) groups excluding carboxylic acids is 2. The van der Waals surface area contributed by atoms with Crippen molar-refractivity contribution in [2.24, 2.45) is 0 Å². The summed E-state index contributed by atoms with van der Waals surface area (Å²) in [7, 11) is 0. The maximum atomic E-state index is 13.6. The van der Waals surface area contributed by atoms with E-state index in [0.717, 1.165) is 31.4 Å². The van der Waals surface area contributed by atoms with Gasteiger partial charge in [-0.1, -0.05) is 25.5 Å². The first-order valence-electron chi connectivity index (χ1n) is 14.4. The Kier molecular flexibility index (Phi) is 8.14. The number of unbranched alkanes of at least 4 members (excludes halogenated alkanes) is 1. The van der Waals surface area contributed by atoms with Crippen molar-refractivity contribution >= 4 is 17.8 Å². The fourth-order valence-electron chi connectivity index (χ4n) is 6.12. The fraction of sp³-hybridized carbons (Fsp3) is 0.516. The Morgan fingerprint density at radius 1 is 1.00 bits per heavy atom. The molecule has 1 saturated carbocycles. The van der Waals surface area contributed by atoms with Gasteiger partial charge in [-0.2, -0.15) is 0 Å². The normalized spacial score (nSPS) is 22.1. The first-order valence-corrected chi connectivity index (χ1v) is 14.4. The number of piperazine rings is 1. The highest BCUT2D eigenvalue weighted by Gasteiger charge is 2.54. The Hall–Kier alpha value is -3.43. The number of hydrogen-bond acceptors (Lipinski definition) is 6. The molecule has 1 atom stereocenters. The lowest BCUT2D eigenvalue weighted by molar-refractivity contribution is -0.164. The van der Waals surface area contributed by atoms with Crippen LogP contribution in [0.2, 0.25) is 0 Å². The molecule has 0 aromatic heterocycles. The second-order valence-electron chi connectivity index (χ2n) is 11.5. The van der Waals surface area contributed by atoms with Crippen LogP contribution in [-0.4, -0.2) is 74.6 Å². The topological polar surface area (TPSA) is 119 Å². The van der Waals surface area contributed by atoms with E-state index in [2.05, 4.69) is 17.1 Å². The van der Waals surface area contributed by atoms with Gasteiger partial charge >= 0.3 is 5.97 Å². The minimum atomic E-state index is -0.975. The molecule has 3 aliphatic rings. The maximum Gasteiger partial charge on any atom is 0.335 e. The molecule has 0 bridgehead atoms. The van der Waals surface area contributed by atoms with Gasteiger partial charge in [0.05, 0.1) is 11.2 Å². The van der Waals surface area contributed by atoms with E-state index in [9.17, 15) is 19.5 Å². The molecule has 2 amide bonds. The van der Waals surface area contributed by atoms with E-state index in [1.165, 1.54) is 12.1 Å². The summed E-state index contributed by atoms with van der Waals surface area (Å²) in [5.74, 6) is 0.131. The van der Waals surface area contributed by atoms with Gasteiger partial charge in [0.15, 0.2) is 0 Å². The molecule has 0 radical (unpaired) electrons. The van der Waals surface area contributed by atoms with Crippen molar-refractivity contribution in [2.75, 3.05) is 19.6 Å². The molecule has 5 rings (SSSR count). The van der Waals surface area contributed by atoms with Crippen molar-refractivity contribution in [1.29, 1.82) is 0 Å². The van der Waals surface area contributed by atoms with E-state index in [4.69, 9.17) is 9.84 Å². The number of carboxylic acids is 1. The van der Waals surface area contributed by atoms with Crippen molar-refractivity contribution in [3.8, 4) is 11.5 Å². The number of carboxylic acid groups (broad SMARTS) is 1. The van der Waals surface area contributed by atoms with Gasteiger partial charge in [0, 0.05) is 32.6 Å². The smallest absolute Gasteiger partial charge is 0.335 e. The summed E-state index contributed by atoms with van der Waals surface area (Å²) in [6.45, 7) is 4.78. The van der Waals surface area contributed by atoms with E-state index < -0.39 is 23.2 Å². The zero-order valence-electron chi connectivity index (χ0n) is 23.1. The number of nitrogens with one attached hydrogen (secondary N) is 1. The number of hydrogen-bond donors (Lipinski definition) is 3. The second kappa shape index (κ2) is 11.6. The summed E-state index contributed by atoms with van der Waals surface area (Å²) < 4.78 is 5.84. The molecule has 40 heavy (non-hydrogen) atoms. The van der Waals surface area contributed by atoms with E-state index >= 15 is 0 Å². The van der Waals surface area contributed by atoms with Gasteiger partial charge in [-0.15, -0.1) is 0 Å². The van der Waals surface area contributed by atoms with Gasteiger partial charge in [0.1, 0.15) is 23.1 Å². The summed E-state index contributed by atoms with van der Waals surface area (Å²) in [5, 5.41) is 22.7. The van der Waals surface area contributed by atoms with Crippen LogP contribution >= 0.6 is 0 Å². The molecule has 1 spiro atoms. The predicted molar refractivity (Wildman–Crippen MR) is 149 cm³/mol. The Balaban J connectivity index is 1.19. The van der Waals surface area contributed by atoms with Gasteiger partial charge in [-0.3, -0.25) is 14.5 Å². The zero-order chi connectivity index (χ0) is 28.3. The third-order valence-electron chi connectivity index (χ3n) is 8.76. The highest BCUT2D eigenvalue weighted by atomic mass is 16.5. The van der Waals surface area contributed by atoms with E-state index in [1.54, 1.807) is 12.1 Å². The lowest BCUT2D eigenvalue weighted by Crippen LogP contribution is -2.73. The Labute approximate surface area is 235 Å². The van der Waals surface area contributed by atoms with Gasteiger partial charge in [-0.05, 0) is 80.5 Å². The molecule has 214 valence electrons. The molecule has 2 heterocycles. The minimum Gasteiger partial charge on any atom is -0.478 e. The maximum absolute atomic E-state index is 13.6. The van der Waals surface area contributed by atoms with Gasteiger partial charge in [0.2, 0.25) is 11.8 Å². The molecule has 3 N–H and O–H groups in total. The molecule has 2 aliphatic heterocycles. The second-order valence-corrected chi connectivity index (χ2v) is 11.5. The number of piperidine rings is 1. The lowest BCUT2D eigenvalue weighted by atomic mass is 9.74. The fourth-order valence-corrected chi connectivity index (χ4v) is 6.12. The van der Waals surface area contributed by atoms with Crippen molar-refractivity contribution in [1.82, 2.24) is 15.1 Å². The van der Waals surface area contributed by atoms with Crippen LogP contribution in [0.5, 0.6) is 11.5 Å². The Morgan fingerprint density at radius 3 is 2.17 bits per heavy atom. The highest BCUT2D eigenvalue weighted by molar-refractivity contribution is 6.00.